The van der Waals surface area contributed by atoms with Crippen LogP contribution in [0.1, 0.15) is 48.5 Å². The summed E-state index contributed by atoms with van der Waals surface area (Å²) in [6.07, 6.45) is 0. The van der Waals surface area contributed by atoms with Crippen LogP contribution >= 0.6 is 12.6 Å². The van der Waals surface area contributed by atoms with Crippen molar-refractivity contribution in [2.45, 2.75) is 58.0 Å². The van der Waals surface area contributed by atoms with E-state index < -0.39 is 18.3 Å². The summed E-state index contributed by atoms with van der Waals surface area (Å²) in [7, 11) is -3.13. The molecule has 0 saturated carbocycles. The summed E-state index contributed by atoms with van der Waals surface area (Å²) < 4.78 is 18.0. The Kier molecular flexibility index (Phi) is 9.15. The molecule has 116 valence electrons. The van der Waals surface area contributed by atoms with Gasteiger partial charge in [0.05, 0.1) is 4.50 Å². The van der Waals surface area contributed by atoms with Gasteiger partial charge in [-0.3, -0.25) is 0 Å². The van der Waals surface area contributed by atoms with Crippen LogP contribution in [-0.2, 0) is 13.3 Å². The van der Waals surface area contributed by atoms with Gasteiger partial charge in [-0.25, -0.2) is 0 Å². The molecule has 0 aromatic rings. The van der Waals surface area contributed by atoms with Crippen molar-refractivity contribution < 1.29 is 13.3 Å². The van der Waals surface area contributed by atoms with Crippen LogP contribution in [-0.4, -0.2) is 42.6 Å². The Morgan fingerprint density at radius 3 is 1.63 bits per heavy atom. The van der Waals surface area contributed by atoms with Gasteiger partial charge in [-0.1, -0.05) is 27.7 Å². The van der Waals surface area contributed by atoms with Gasteiger partial charge in [0.25, 0.3) is 0 Å². The normalized spacial score (nSPS) is 15.6. The molecule has 3 nitrogen and oxygen atoms in total. The number of thiol groups is 1. The fraction of sp³-hybridized carbons (Fsp3) is 1.00. The zero-order valence-corrected chi connectivity index (χ0v) is 17.0. The van der Waals surface area contributed by atoms with Gasteiger partial charge in [0.1, 0.15) is 0 Å². The second-order valence-corrected chi connectivity index (χ2v) is 14.2. The van der Waals surface area contributed by atoms with Gasteiger partial charge in [0, 0.05) is 29.3 Å². The number of rotatable bonds is 10. The highest BCUT2D eigenvalue weighted by molar-refractivity contribution is 7.84. The van der Waals surface area contributed by atoms with Crippen molar-refractivity contribution in [2.24, 2.45) is 5.92 Å². The van der Waals surface area contributed by atoms with E-state index in [1.165, 1.54) is 0 Å². The van der Waals surface area contributed by atoms with Crippen LogP contribution < -0.4 is 0 Å². The monoisotopic (exact) mass is 324 g/mol. The topological polar surface area (TPSA) is 27.7 Å². The second kappa shape index (κ2) is 8.84. The lowest BCUT2D eigenvalue weighted by molar-refractivity contribution is 0.0743. The minimum absolute atomic E-state index is 0.157. The van der Waals surface area contributed by atoms with Gasteiger partial charge >= 0.3 is 8.80 Å². The SMILES string of the molecule is CCO[Si](OCC)(OCC)[C@@H](S)[SiH2]C(C)(C)C(C)C. The van der Waals surface area contributed by atoms with Gasteiger partial charge in [0.15, 0.2) is 0 Å². The summed E-state index contributed by atoms with van der Waals surface area (Å²) in [4.78, 5) is 0. The van der Waals surface area contributed by atoms with Crippen molar-refractivity contribution in [3.63, 3.8) is 0 Å². The number of hydrogen-bond acceptors (Lipinski definition) is 4. The van der Waals surface area contributed by atoms with Crippen molar-refractivity contribution in [2.75, 3.05) is 19.8 Å². The smallest absolute Gasteiger partial charge is 0.373 e. The molecular weight excluding hydrogens is 292 g/mol. The third-order valence-corrected chi connectivity index (χ3v) is 12.5. The van der Waals surface area contributed by atoms with E-state index in [9.17, 15) is 0 Å². The van der Waals surface area contributed by atoms with E-state index in [0.717, 1.165) is 0 Å². The summed E-state index contributed by atoms with van der Waals surface area (Å²) >= 11 is 4.85. The number of hydrogen-bond donors (Lipinski definition) is 1. The molecule has 19 heavy (non-hydrogen) atoms. The first-order chi connectivity index (χ1) is 8.75. The Morgan fingerprint density at radius 2 is 1.37 bits per heavy atom. The van der Waals surface area contributed by atoms with Crippen LogP contribution in [0, 0.1) is 5.92 Å². The van der Waals surface area contributed by atoms with E-state index in [-0.39, 0.29) is 4.50 Å². The molecule has 0 aliphatic rings. The van der Waals surface area contributed by atoms with Crippen molar-refractivity contribution in [1.29, 1.82) is 0 Å². The molecule has 0 amide bonds. The maximum absolute atomic E-state index is 5.95. The van der Waals surface area contributed by atoms with Crippen LogP contribution in [0.15, 0.2) is 0 Å². The molecular formula is C13H32O3SSi2. The highest BCUT2D eigenvalue weighted by atomic mass is 32.1. The first kappa shape index (κ1) is 19.7. The summed E-state index contributed by atoms with van der Waals surface area (Å²) in [6.45, 7) is 17.1. The molecule has 0 aliphatic carbocycles. The molecule has 0 N–H and O–H groups in total. The molecule has 0 heterocycles. The van der Waals surface area contributed by atoms with E-state index in [2.05, 4.69) is 27.7 Å². The van der Waals surface area contributed by atoms with Crippen LogP contribution in [0.3, 0.4) is 0 Å². The molecule has 1 atom stereocenters. The van der Waals surface area contributed by atoms with Crippen molar-refractivity contribution >= 4 is 31.0 Å². The van der Waals surface area contributed by atoms with Crippen molar-refractivity contribution in [3.05, 3.63) is 0 Å². The first-order valence-electron chi connectivity index (χ1n) is 7.35. The van der Waals surface area contributed by atoms with Gasteiger partial charge < -0.3 is 13.3 Å². The second-order valence-electron chi connectivity index (χ2n) is 5.77. The molecule has 0 fully saturated rings. The van der Waals surface area contributed by atoms with Gasteiger partial charge in [0.2, 0.25) is 0 Å². The summed E-state index contributed by atoms with van der Waals surface area (Å²) in [5.41, 5.74) is 0. The van der Waals surface area contributed by atoms with Gasteiger partial charge in [-0.15, -0.1) is 0 Å². The molecule has 0 saturated heterocycles. The Labute approximate surface area is 128 Å². The fourth-order valence-corrected chi connectivity index (χ4v) is 11.1. The molecule has 0 radical (unpaired) electrons. The van der Waals surface area contributed by atoms with E-state index in [0.29, 0.717) is 30.8 Å². The van der Waals surface area contributed by atoms with Crippen LogP contribution in [0.5, 0.6) is 0 Å². The van der Waals surface area contributed by atoms with Crippen molar-refractivity contribution in [3.8, 4) is 0 Å². The van der Waals surface area contributed by atoms with Crippen LogP contribution in [0.4, 0.5) is 0 Å². The molecule has 0 unspecified atom stereocenters. The predicted octanol–water partition coefficient (Wildman–Crippen LogP) is 2.85. The Bertz CT molecular complexity index is 233. The summed E-state index contributed by atoms with van der Waals surface area (Å²) in [5.74, 6) is 0.644. The first-order valence-corrected chi connectivity index (χ1v) is 11.2. The standard InChI is InChI=1S/C13H32O3SSi2/c1-8-14-19(15-9-2,16-10-3)12(17)18-13(6,7)11(4)5/h11-12,17H,8-10,18H2,1-7H3/t12-/m0/s1. The maximum Gasteiger partial charge on any atom is 0.510 e. The molecule has 0 aromatic carbocycles. The van der Waals surface area contributed by atoms with E-state index >= 15 is 0 Å². The third kappa shape index (κ3) is 5.89. The quantitative estimate of drug-likeness (QED) is 0.495. The summed E-state index contributed by atoms with van der Waals surface area (Å²) in [5, 5.41) is 0.329. The molecule has 0 rings (SSSR count). The lowest BCUT2D eigenvalue weighted by atomic mass is 9.99. The molecule has 0 bridgehead atoms. The third-order valence-electron chi connectivity index (χ3n) is 3.73. The summed E-state index contributed by atoms with van der Waals surface area (Å²) in [6, 6.07) is 0. The van der Waals surface area contributed by atoms with Crippen molar-refractivity contribution in [1.82, 2.24) is 0 Å². The lowest BCUT2D eigenvalue weighted by Gasteiger charge is -2.38. The van der Waals surface area contributed by atoms with E-state index in [4.69, 9.17) is 25.9 Å². The van der Waals surface area contributed by atoms with Gasteiger partial charge in [-0.2, -0.15) is 12.6 Å². The Hall–Kier alpha value is 0.664. The fourth-order valence-electron chi connectivity index (χ4n) is 1.88. The maximum atomic E-state index is 5.95. The lowest BCUT2D eigenvalue weighted by Crippen LogP contribution is -2.58. The average molecular weight is 325 g/mol. The molecule has 0 aromatic heterocycles. The van der Waals surface area contributed by atoms with Crippen LogP contribution in [0.2, 0.25) is 5.04 Å². The Morgan fingerprint density at radius 1 is 1.00 bits per heavy atom. The predicted molar refractivity (Wildman–Crippen MR) is 90.8 cm³/mol. The molecule has 0 aliphatic heterocycles. The minimum Gasteiger partial charge on any atom is -0.373 e. The average Bonchev–Trinajstić information content (AvgIpc) is 2.28. The highest BCUT2D eigenvalue weighted by Gasteiger charge is 2.49. The Balaban J connectivity index is 5.01. The van der Waals surface area contributed by atoms with Crippen LogP contribution in [0.25, 0.3) is 0 Å². The molecule has 0 spiro atoms. The minimum atomic E-state index is -2.63. The zero-order valence-electron chi connectivity index (χ0n) is 13.7. The zero-order chi connectivity index (χ0) is 15.1. The van der Waals surface area contributed by atoms with Gasteiger partial charge in [-0.05, 0) is 31.7 Å². The largest absolute Gasteiger partial charge is 0.510 e. The van der Waals surface area contributed by atoms with E-state index in [1.54, 1.807) is 0 Å². The molecule has 6 heteroatoms. The highest BCUT2D eigenvalue weighted by Crippen LogP contribution is 2.36. The van der Waals surface area contributed by atoms with E-state index in [1.807, 2.05) is 20.8 Å².